The normalized spacial score (nSPS) is 11.5. The van der Waals surface area contributed by atoms with Crippen molar-refractivity contribution < 1.29 is 9.21 Å². The lowest BCUT2D eigenvalue weighted by molar-refractivity contribution is 0.0696. The molecule has 176 valence electrons. The molecule has 0 aliphatic carbocycles. The van der Waals surface area contributed by atoms with Gasteiger partial charge in [0.1, 0.15) is 5.76 Å². The number of carbonyl (C=O) groups excluding carboxylic acids is 1. The smallest absolute Gasteiger partial charge is 0.290 e. The summed E-state index contributed by atoms with van der Waals surface area (Å²) in [6, 6.07) is 16.3. The van der Waals surface area contributed by atoms with Crippen LogP contribution in [-0.4, -0.2) is 15.8 Å². The van der Waals surface area contributed by atoms with Gasteiger partial charge in [-0.3, -0.25) is 9.78 Å². The number of hydrogen-bond donors (Lipinski definition) is 0. The Morgan fingerprint density at radius 3 is 2.62 bits per heavy atom. The van der Waals surface area contributed by atoms with Gasteiger partial charge in [-0.15, -0.1) is 11.8 Å². The molecule has 0 unspecified atom stereocenters. The average Bonchev–Trinajstić information content (AvgIpc) is 3.50. The van der Waals surface area contributed by atoms with Crippen molar-refractivity contribution in [2.24, 2.45) is 0 Å². The van der Waals surface area contributed by atoms with E-state index < -0.39 is 0 Å². The largest absolute Gasteiger partial charge is 0.455 e. The molecule has 34 heavy (non-hydrogen) atoms. The number of aromatic nitrogens is 1. The molecule has 1 aromatic carbocycles. The molecule has 0 saturated carbocycles. The summed E-state index contributed by atoms with van der Waals surface area (Å²) in [4.78, 5) is 20.6. The zero-order chi connectivity index (χ0) is 24.1. The fraction of sp³-hybridized carbons (Fsp3) is 0.286. The van der Waals surface area contributed by atoms with Crippen molar-refractivity contribution >= 4 is 29.0 Å². The van der Waals surface area contributed by atoms with Crippen molar-refractivity contribution in [3.8, 4) is 0 Å². The zero-order valence-electron chi connectivity index (χ0n) is 20.1. The highest BCUT2D eigenvalue weighted by molar-refractivity contribution is 7.98. The maximum Gasteiger partial charge on any atom is 0.290 e. The highest BCUT2D eigenvalue weighted by Gasteiger charge is 2.21. The second-order valence-corrected chi connectivity index (χ2v) is 11.2. The third kappa shape index (κ3) is 6.19. The van der Waals surface area contributed by atoms with Crippen LogP contribution in [0.25, 0.3) is 0 Å². The number of aryl methyl sites for hydroxylation is 1. The Morgan fingerprint density at radius 2 is 1.91 bits per heavy atom. The Labute approximate surface area is 210 Å². The number of carbonyl (C=O) groups is 1. The number of rotatable bonds is 8. The standard InChI is InChI=1S/C28H30N2O2S2/c1-20-7-8-23(28(2,3)4)14-26(20)34-19-24-9-10-25(32-24)27(31)30(17-22-11-13-33-18-22)16-21-6-5-12-29-15-21/h5-15,18H,16-17,19H2,1-4H3. The average molecular weight is 491 g/mol. The third-order valence-electron chi connectivity index (χ3n) is 5.63. The fourth-order valence-corrected chi connectivity index (χ4v) is 5.23. The van der Waals surface area contributed by atoms with Gasteiger partial charge in [0.15, 0.2) is 5.76 Å². The molecule has 0 aliphatic heterocycles. The quantitative estimate of drug-likeness (QED) is 0.240. The number of thioether (sulfide) groups is 1. The highest BCUT2D eigenvalue weighted by atomic mass is 32.2. The van der Waals surface area contributed by atoms with Gasteiger partial charge in [-0.2, -0.15) is 11.3 Å². The van der Waals surface area contributed by atoms with Gasteiger partial charge in [0, 0.05) is 30.4 Å². The van der Waals surface area contributed by atoms with Crippen LogP contribution in [0.1, 0.15) is 59.3 Å². The van der Waals surface area contributed by atoms with Gasteiger partial charge in [-0.25, -0.2) is 0 Å². The second kappa shape index (κ2) is 10.6. The molecule has 3 heterocycles. The minimum Gasteiger partial charge on any atom is -0.455 e. The van der Waals surface area contributed by atoms with Crippen LogP contribution < -0.4 is 0 Å². The first kappa shape index (κ1) is 24.3. The number of thiophene rings is 1. The Morgan fingerprint density at radius 1 is 1.09 bits per heavy atom. The Hall–Kier alpha value is -2.83. The summed E-state index contributed by atoms with van der Waals surface area (Å²) in [6.45, 7) is 9.82. The molecule has 4 rings (SSSR count). The highest BCUT2D eigenvalue weighted by Crippen LogP contribution is 2.32. The Balaban J connectivity index is 1.47. The van der Waals surface area contributed by atoms with Crippen LogP contribution in [0.5, 0.6) is 0 Å². The van der Waals surface area contributed by atoms with E-state index in [1.165, 1.54) is 16.0 Å². The van der Waals surface area contributed by atoms with Gasteiger partial charge in [-0.05, 0) is 75.7 Å². The molecule has 3 aromatic heterocycles. The van der Waals surface area contributed by atoms with Crippen LogP contribution >= 0.6 is 23.1 Å². The van der Waals surface area contributed by atoms with Crippen LogP contribution in [0.4, 0.5) is 0 Å². The molecule has 0 fully saturated rings. The topological polar surface area (TPSA) is 46.3 Å². The van der Waals surface area contributed by atoms with E-state index in [1.54, 1.807) is 41.6 Å². The van der Waals surface area contributed by atoms with Gasteiger partial charge in [0.25, 0.3) is 5.91 Å². The summed E-state index contributed by atoms with van der Waals surface area (Å²) >= 11 is 3.38. The maximum absolute atomic E-state index is 13.4. The van der Waals surface area contributed by atoms with Crippen LogP contribution in [-0.2, 0) is 24.3 Å². The molecule has 0 bridgehead atoms. The zero-order valence-corrected chi connectivity index (χ0v) is 21.7. The van der Waals surface area contributed by atoms with E-state index in [2.05, 4.69) is 56.3 Å². The summed E-state index contributed by atoms with van der Waals surface area (Å²) in [5, 5.41) is 4.10. The van der Waals surface area contributed by atoms with Crippen molar-refractivity contribution in [3.05, 3.63) is 105 Å². The van der Waals surface area contributed by atoms with Gasteiger partial charge in [0.2, 0.25) is 0 Å². The summed E-state index contributed by atoms with van der Waals surface area (Å²) in [6.07, 6.45) is 3.54. The van der Waals surface area contributed by atoms with E-state index in [0.717, 1.165) is 16.9 Å². The van der Waals surface area contributed by atoms with Gasteiger partial charge in [-0.1, -0.05) is 39.0 Å². The second-order valence-electron chi connectivity index (χ2n) is 9.44. The molecule has 0 radical (unpaired) electrons. The molecule has 0 N–H and O–H groups in total. The number of nitrogens with zero attached hydrogens (tertiary/aromatic N) is 2. The van der Waals surface area contributed by atoms with E-state index in [9.17, 15) is 4.79 Å². The monoisotopic (exact) mass is 490 g/mol. The van der Waals surface area contributed by atoms with Crippen molar-refractivity contribution in [3.63, 3.8) is 0 Å². The number of hydrogen-bond acceptors (Lipinski definition) is 5. The number of pyridine rings is 1. The molecular weight excluding hydrogens is 460 g/mol. The molecule has 0 aliphatic rings. The van der Waals surface area contributed by atoms with E-state index in [0.29, 0.717) is 24.6 Å². The molecule has 0 saturated heterocycles. The molecule has 1 amide bonds. The first-order valence-electron chi connectivity index (χ1n) is 11.3. The fourth-order valence-electron chi connectivity index (χ4n) is 3.61. The predicted octanol–water partition coefficient (Wildman–Crippen LogP) is 7.48. The van der Waals surface area contributed by atoms with Crippen LogP contribution in [0.3, 0.4) is 0 Å². The lowest BCUT2D eigenvalue weighted by Crippen LogP contribution is -2.29. The van der Waals surface area contributed by atoms with Gasteiger partial charge in [0.05, 0.1) is 5.75 Å². The third-order valence-corrected chi connectivity index (χ3v) is 7.55. The first-order valence-corrected chi connectivity index (χ1v) is 13.2. The van der Waals surface area contributed by atoms with E-state index in [-0.39, 0.29) is 11.3 Å². The Bertz CT molecular complexity index is 1230. The van der Waals surface area contributed by atoms with Crippen LogP contribution in [0, 0.1) is 6.92 Å². The lowest BCUT2D eigenvalue weighted by atomic mass is 9.87. The number of benzene rings is 1. The van der Waals surface area contributed by atoms with Gasteiger partial charge >= 0.3 is 0 Å². The SMILES string of the molecule is Cc1ccc(C(C)(C)C)cc1SCc1ccc(C(=O)N(Cc2cccnc2)Cc2ccsc2)o1. The summed E-state index contributed by atoms with van der Waals surface area (Å²) in [5.41, 5.74) is 4.77. The summed E-state index contributed by atoms with van der Waals surface area (Å²) in [7, 11) is 0. The van der Waals surface area contributed by atoms with E-state index in [4.69, 9.17) is 4.42 Å². The summed E-state index contributed by atoms with van der Waals surface area (Å²) in [5.74, 6) is 1.73. The summed E-state index contributed by atoms with van der Waals surface area (Å²) < 4.78 is 6.02. The van der Waals surface area contributed by atoms with E-state index >= 15 is 0 Å². The number of amides is 1. The minimum atomic E-state index is -0.114. The van der Waals surface area contributed by atoms with Crippen LogP contribution in [0.15, 0.2) is 81.0 Å². The van der Waals surface area contributed by atoms with Crippen LogP contribution in [0.2, 0.25) is 0 Å². The lowest BCUT2D eigenvalue weighted by Gasteiger charge is -2.21. The predicted molar refractivity (Wildman–Crippen MR) is 140 cm³/mol. The van der Waals surface area contributed by atoms with Crippen molar-refractivity contribution in [1.82, 2.24) is 9.88 Å². The maximum atomic E-state index is 13.4. The van der Waals surface area contributed by atoms with Crippen molar-refractivity contribution in [2.75, 3.05) is 0 Å². The molecule has 0 atom stereocenters. The molecule has 4 aromatic rings. The Kier molecular flexibility index (Phi) is 7.59. The van der Waals surface area contributed by atoms with E-state index in [1.807, 2.05) is 34.5 Å². The molecular formula is C28H30N2O2S2. The molecule has 0 spiro atoms. The van der Waals surface area contributed by atoms with Gasteiger partial charge < -0.3 is 9.32 Å². The van der Waals surface area contributed by atoms with Crippen molar-refractivity contribution in [1.29, 1.82) is 0 Å². The molecule has 6 heteroatoms. The van der Waals surface area contributed by atoms with Crippen molar-refractivity contribution in [2.45, 2.75) is 56.8 Å². The minimum absolute atomic E-state index is 0.105. The molecule has 4 nitrogen and oxygen atoms in total. The number of furan rings is 1. The first-order chi connectivity index (χ1) is 16.3.